The summed E-state index contributed by atoms with van der Waals surface area (Å²) in [6.07, 6.45) is 2.27. The molecule has 33 heavy (non-hydrogen) atoms. The highest BCUT2D eigenvalue weighted by atomic mass is 32.2. The smallest absolute Gasteiger partial charge is 0.256 e. The summed E-state index contributed by atoms with van der Waals surface area (Å²) < 4.78 is 13.5. The highest BCUT2D eigenvalue weighted by Crippen LogP contribution is 2.19. The minimum Gasteiger partial charge on any atom is -0.475 e. The van der Waals surface area contributed by atoms with Crippen LogP contribution in [-0.4, -0.2) is 74.8 Å². The van der Waals surface area contributed by atoms with E-state index in [4.69, 9.17) is 9.47 Å². The Kier molecular flexibility index (Phi) is 8.11. The average Bonchev–Trinajstić information content (AvgIpc) is 3.24. The molecule has 1 aliphatic rings. The van der Waals surface area contributed by atoms with Crippen LogP contribution in [0.3, 0.4) is 0 Å². The second-order valence-electron chi connectivity index (χ2n) is 7.98. The molecule has 0 saturated carbocycles. The topological polar surface area (TPSA) is 81.9 Å². The Morgan fingerprint density at radius 3 is 2.85 bits per heavy atom. The minimum atomic E-state index is -0.185. The first kappa shape index (κ1) is 23.8. The molecule has 0 aliphatic carbocycles. The van der Waals surface area contributed by atoms with Gasteiger partial charge in [0.2, 0.25) is 16.9 Å². The van der Waals surface area contributed by atoms with Gasteiger partial charge in [0.1, 0.15) is 12.7 Å². The summed E-state index contributed by atoms with van der Waals surface area (Å²) in [4.78, 5) is 23.4. The SMILES string of the molecule is CSc1nc2nc(C)cc(OCC3CN(C(=O)CCSCc4ccc(C)cc4)CCO3)n2n1. The molecular weight excluding hydrogens is 458 g/mol. The molecule has 3 heterocycles. The molecule has 0 spiro atoms. The number of hydrogen-bond donors (Lipinski definition) is 0. The Labute approximate surface area is 202 Å². The zero-order valence-electron chi connectivity index (χ0n) is 19.2. The first-order valence-corrected chi connectivity index (χ1v) is 13.3. The summed E-state index contributed by atoms with van der Waals surface area (Å²) in [6, 6.07) is 10.4. The molecular formula is C23H29N5O3S2. The Bertz CT molecular complexity index is 1090. The first-order chi connectivity index (χ1) is 16.0. The number of fused-ring (bicyclic) bond motifs is 1. The molecule has 8 nitrogen and oxygen atoms in total. The number of nitrogens with zero attached hydrogens (tertiary/aromatic N) is 5. The van der Waals surface area contributed by atoms with Crippen molar-refractivity contribution in [1.82, 2.24) is 24.5 Å². The van der Waals surface area contributed by atoms with Gasteiger partial charge in [0.25, 0.3) is 5.78 Å². The molecule has 1 amide bonds. The Hall–Kier alpha value is -2.30. The van der Waals surface area contributed by atoms with Crippen LogP contribution >= 0.6 is 23.5 Å². The van der Waals surface area contributed by atoms with Gasteiger partial charge in [-0.2, -0.15) is 21.3 Å². The van der Waals surface area contributed by atoms with Gasteiger partial charge in [-0.25, -0.2) is 4.98 Å². The van der Waals surface area contributed by atoms with Crippen molar-refractivity contribution >= 4 is 35.2 Å². The third-order valence-electron chi connectivity index (χ3n) is 5.33. The lowest BCUT2D eigenvalue weighted by atomic mass is 10.2. The third kappa shape index (κ3) is 6.39. The molecule has 3 aromatic rings. The van der Waals surface area contributed by atoms with Crippen LogP contribution in [0.2, 0.25) is 0 Å². The van der Waals surface area contributed by atoms with Crippen LogP contribution < -0.4 is 4.74 Å². The van der Waals surface area contributed by atoms with Gasteiger partial charge < -0.3 is 14.4 Å². The molecule has 0 N–H and O–H groups in total. The second-order valence-corrected chi connectivity index (χ2v) is 9.86. The molecule has 1 aromatic carbocycles. The van der Waals surface area contributed by atoms with Crippen LogP contribution in [0.25, 0.3) is 5.78 Å². The van der Waals surface area contributed by atoms with Crippen molar-refractivity contribution in [3.05, 3.63) is 47.2 Å². The van der Waals surface area contributed by atoms with Crippen LogP contribution in [0.5, 0.6) is 5.88 Å². The van der Waals surface area contributed by atoms with E-state index in [1.807, 2.05) is 24.1 Å². The van der Waals surface area contributed by atoms with E-state index in [0.29, 0.717) is 49.5 Å². The summed E-state index contributed by atoms with van der Waals surface area (Å²) in [5.41, 5.74) is 3.36. The van der Waals surface area contributed by atoms with E-state index >= 15 is 0 Å². The Morgan fingerprint density at radius 2 is 2.06 bits per heavy atom. The van der Waals surface area contributed by atoms with E-state index in [1.54, 1.807) is 16.3 Å². The number of benzene rings is 1. The molecule has 1 aliphatic heterocycles. The van der Waals surface area contributed by atoms with Crippen molar-refractivity contribution in [2.75, 3.05) is 38.3 Å². The molecule has 4 rings (SSSR count). The molecule has 10 heteroatoms. The molecule has 0 radical (unpaired) electrons. The number of ether oxygens (including phenoxy) is 2. The number of amides is 1. The Balaban J connectivity index is 1.25. The molecule has 1 unspecified atom stereocenters. The lowest BCUT2D eigenvalue weighted by Crippen LogP contribution is -2.47. The fraction of sp³-hybridized carbons (Fsp3) is 0.478. The van der Waals surface area contributed by atoms with Gasteiger partial charge in [-0.1, -0.05) is 41.6 Å². The lowest BCUT2D eigenvalue weighted by Gasteiger charge is -2.32. The van der Waals surface area contributed by atoms with Gasteiger partial charge >= 0.3 is 0 Å². The molecule has 2 aromatic heterocycles. The molecule has 1 atom stereocenters. The summed E-state index contributed by atoms with van der Waals surface area (Å²) in [5, 5.41) is 5.06. The molecule has 1 fully saturated rings. The summed E-state index contributed by atoms with van der Waals surface area (Å²) in [6.45, 7) is 5.98. The normalized spacial score (nSPS) is 16.3. The number of hydrogen-bond acceptors (Lipinski definition) is 8. The van der Waals surface area contributed by atoms with Gasteiger partial charge in [0, 0.05) is 36.2 Å². The zero-order valence-corrected chi connectivity index (χ0v) is 20.8. The largest absolute Gasteiger partial charge is 0.475 e. The number of carbonyl (C=O) groups is 1. The third-order valence-corrected chi connectivity index (χ3v) is 6.90. The second kappa shape index (κ2) is 11.2. The van der Waals surface area contributed by atoms with E-state index < -0.39 is 0 Å². The van der Waals surface area contributed by atoms with Crippen LogP contribution in [0.1, 0.15) is 23.2 Å². The van der Waals surface area contributed by atoms with E-state index in [2.05, 4.69) is 46.3 Å². The van der Waals surface area contributed by atoms with Crippen molar-refractivity contribution in [2.24, 2.45) is 0 Å². The zero-order chi connectivity index (χ0) is 23.2. The van der Waals surface area contributed by atoms with Crippen LogP contribution in [0.4, 0.5) is 0 Å². The molecule has 0 bridgehead atoms. The number of aromatic nitrogens is 4. The predicted octanol–water partition coefficient (Wildman–Crippen LogP) is 3.39. The average molecular weight is 488 g/mol. The van der Waals surface area contributed by atoms with Gasteiger partial charge in [-0.3, -0.25) is 4.79 Å². The van der Waals surface area contributed by atoms with Gasteiger partial charge in [-0.15, -0.1) is 5.10 Å². The first-order valence-electron chi connectivity index (χ1n) is 11.0. The number of carbonyl (C=O) groups excluding carboxylic acids is 1. The highest BCUT2D eigenvalue weighted by molar-refractivity contribution is 7.98. The standard InChI is InChI=1S/C23H29N5O3S2/c1-16-4-6-18(7-5-16)15-33-11-8-20(29)27-9-10-30-19(13-27)14-31-21-12-17(2)24-22-25-23(32-3)26-28(21)22/h4-7,12,19H,8-11,13-15H2,1-3H3. The van der Waals surface area contributed by atoms with E-state index in [0.717, 1.165) is 17.2 Å². The molecule has 176 valence electrons. The number of morpholine rings is 1. The van der Waals surface area contributed by atoms with Crippen LogP contribution in [0, 0.1) is 13.8 Å². The highest BCUT2D eigenvalue weighted by Gasteiger charge is 2.25. The van der Waals surface area contributed by atoms with Crippen LogP contribution in [-0.2, 0) is 15.3 Å². The fourth-order valence-corrected chi connectivity index (χ4v) is 4.77. The number of thioether (sulfide) groups is 2. The van der Waals surface area contributed by atoms with Crippen molar-refractivity contribution in [1.29, 1.82) is 0 Å². The van der Waals surface area contributed by atoms with E-state index in [-0.39, 0.29) is 12.0 Å². The predicted molar refractivity (Wildman–Crippen MR) is 131 cm³/mol. The number of aryl methyl sites for hydroxylation is 2. The van der Waals surface area contributed by atoms with Crippen molar-refractivity contribution in [3.63, 3.8) is 0 Å². The van der Waals surface area contributed by atoms with E-state index in [9.17, 15) is 4.79 Å². The van der Waals surface area contributed by atoms with Gasteiger partial charge in [0.15, 0.2) is 0 Å². The maximum Gasteiger partial charge on any atom is 0.256 e. The van der Waals surface area contributed by atoms with Gasteiger partial charge in [-0.05, 0) is 25.7 Å². The maximum atomic E-state index is 12.7. The van der Waals surface area contributed by atoms with E-state index in [1.165, 1.54) is 22.9 Å². The summed E-state index contributed by atoms with van der Waals surface area (Å²) >= 11 is 3.25. The molecule has 1 saturated heterocycles. The summed E-state index contributed by atoms with van der Waals surface area (Å²) in [7, 11) is 0. The minimum absolute atomic E-state index is 0.169. The van der Waals surface area contributed by atoms with Crippen molar-refractivity contribution < 1.29 is 14.3 Å². The number of rotatable bonds is 9. The van der Waals surface area contributed by atoms with Crippen LogP contribution in [0.15, 0.2) is 35.5 Å². The quantitative estimate of drug-likeness (QED) is 0.336. The Morgan fingerprint density at radius 1 is 1.24 bits per heavy atom. The fourth-order valence-electron chi connectivity index (χ4n) is 3.54. The monoisotopic (exact) mass is 487 g/mol. The van der Waals surface area contributed by atoms with Crippen molar-refractivity contribution in [3.8, 4) is 5.88 Å². The maximum absolute atomic E-state index is 12.7. The lowest BCUT2D eigenvalue weighted by molar-refractivity contribution is -0.139. The summed E-state index contributed by atoms with van der Waals surface area (Å²) in [5.74, 6) is 2.99. The van der Waals surface area contributed by atoms with Gasteiger partial charge in [0.05, 0.1) is 13.2 Å². The van der Waals surface area contributed by atoms with Crippen molar-refractivity contribution in [2.45, 2.75) is 37.3 Å².